The van der Waals surface area contributed by atoms with Crippen LogP contribution < -0.4 is 15.5 Å². The summed E-state index contributed by atoms with van der Waals surface area (Å²) in [6.07, 6.45) is 3.55. The normalized spacial score (nSPS) is 20.5. The number of esters is 1. The third kappa shape index (κ3) is 3.95. The standard InChI is InChI=1S/C18H23N3O3/c1-5-6-11-24-17(22)15-12(2)19-18(23)20-16(15)13-7-9-14(10-8-13)21(3)4/h5-10,15-16H,2,11H2,1,3-4H3,(H2,19,20,23)/b6-5+/t15-,16+/m0/s1. The summed E-state index contributed by atoms with van der Waals surface area (Å²) in [6, 6.07) is 6.78. The van der Waals surface area contributed by atoms with Gasteiger partial charge in [0.2, 0.25) is 0 Å². The molecule has 6 nitrogen and oxygen atoms in total. The van der Waals surface area contributed by atoms with Crippen LogP contribution >= 0.6 is 0 Å². The lowest BCUT2D eigenvalue weighted by atomic mass is 9.89. The molecule has 2 N–H and O–H groups in total. The molecular formula is C18H23N3O3. The van der Waals surface area contributed by atoms with Crippen LogP contribution in [0.1, 0.15) is 18.5 Å². The van der Waals surface area contributed by atoms with Crippen LogP contribution in [-0.2, 0) is 9.53 Å². The van der Waals surface area contributed by atoms with Crippen molar-refractivity contribution in [3.63, 3.8) is 0 Å². The van der Waals surface area contributed by atoms with E-state index in [1.165, 1.54) is 0 Å². The lowest BCUT2D eigenvalue weighted by Gasteiger charge is -2.33. The van der Waals surface area contributed by atoms with E-state index in [0.29, 0.717) is 5.70 Å². The Hall–Kier alpha value is -2.76. The highest BCUT2D eigenvalue weighted by Crippen LogP contribution is 2.31. The van der Waals surface area contributed by atoms with Gasteiger partial charge in [-0.05, 0) is 24.6 Å². The summed E-state index contributed by atoms with van der Waals surface area (Å²) >= 11 is 0. The average Bonchev–Trinajstić information content (AvgIpc) is 2.54. The van der Waals surface area contributed by atoms with Gasteiger partial charge < -0.3 is 20.3 Å². The predicted octanol–water partition coefficient (Wildman–Crippen LogP) is 2.36. The van der Waals surface area contributed by atoms with E-state index in [9.17, 15) is 9.59 Å². The van der Waals surface area contributed by atoms with Gasteiger partial charge in [-0.15, -0.1) is 0 Å². The van der Waals surface area contributed by atoms with Crippen LogP contribution in [0.3, 0.4) is 0 Å². The second-order valence-corrected chi connectivity index (χ2v) is 5.76. The molecule has 24 heavy (non-hydrogen) atoms. The van der Waals surface area contributed by atoms with E-state index in [1.54, 1.807) is 12.2 Å². The van der Waals surface area contributed by atoms with Gasteiger partial charge in [0.05, 0.1) is 6.04 Å². The molecular weight excluding hydrogens is 306 g/mol. The molecule has 1 aromatic rings. The molecule has 0 spiro atoms. The van der Waals surface area contributed by atoms with Gasteiger partial charge in [0.25, 0.3) is 0 Å². The Morgan fingerprint density at radius 1 is 1.33 bits per heavy atom. The number of carbonyl (C=O) groups excluding carboxylic acids is 2. The van der Waals surface area contributed by atoms with Crippen molar-refractivity contribution < 1.29 is 14.3 Å². The van der Waals surface area contributed by atoms with E-state index in [0.717, 1.165) is 11.3 Å². The summed E-state index contributed by atoms with van der Waals surface area (Å²) in [7, 11) is 3.90. The Balaban J connectivity index is 2.26. The molecule has 6 heteroatoms. The smallest absolute Gasteiger partial charge is 0.319 e. The SMILES string of the molecule is C=C1NC(=O)N[C@H](c2ccc(N(C)C)cc2)[C@H]1C(=O)OC/C=C/C. The molecule has 0 saturated carbocycles. The summed E-state index contributed by atoms with van der Waals surface area (Å²) in [5, 5.41) is 5.35. The number of allylic oxidation sites excluding steroid dienone is 1. The highest BCUT2D eigenvalue weighted by atomic mass is 16.5. The summed E-state index contributed by atoms with van der Waals surface area (Å²) < 4.78 is 5.26. The third-order valence-electron chi connectivity index (χ3n) is 3.85. The second kappa shape index (κ2) is 7.68. The molecule has 128 valence electrons. The predicted molar refractivity (Wildman–Crippen MR) is 93.6 cm³/mol. The fourth-order valence-corrected chi connectivity index (χ4v) is 2.54. The van der Waals surface area contributed by atoms with Gasteiger partial charge in [0.1, 0.15) is 12.5 Å². The maximum Gasteiger partial charge on any atom is 0.319 e. The van der Waals surface area contributed by atoms with Gasteiger partial charge in [-0.3, -0.25) is 4.79 Å². The van der Waals surface area contributed by atoms with Gasteiger partial charge in [-0.2, -0.15) is 0 Å². The maximum atomic E-state index is 12.4. The number of hydrogen-bond donors (Lipinski definition) is 2. The van der Waals surface area contributed by atoms with Crippen LogP contribution in [0.15, 0.2) is 48.7 Å². The van der Waals surface area contributed by atoms with E-state index in [-0.39, 0.29) is 12.6 Å². The lowest BCUT2D eigenvalue weighted by molar-refractivity contribution is -0.147. The number of amides is 2. The number of benzene rings is 1. The van der Waals surface area contributed by atoms with Gasteiger partial charge in [0, 0.05) is 25.5 Å². The number of urea groups is 1. The molecule has 1 saturated heterocycles. The second-order valence-electron chi connectivity index (χ2n) is 5.76. The van der Waals surface area contributed by atoms with Crippen LogP contribution in [0.4, 0.5) is 10.5 Å². The molecule has 2 atom stereocenters. The average molecular weight is 329 g/mol. The third-order valence-corrected chi connectivity index (χ3v) is 3.85. The first-order valence-corrected chi connectivity index (χ1v) is 7.75. The highest BCUT2D eigenvalue weighted by Gasteiger charge is 2.38. The topological polar surface area (TPSA) is 70.7 Å². The molecule has 0 bridgehead atoms. The number of nitrogens with zero attached hydrogens (tertiary/aromatic N) is 1. The number of hydrogen-bond acceptors (Lipinski definition) is 4. The van der Waals surface area contributed by atoms with E-state index in [2.05, 4.69) is 17.2 Å². The van der Waals surface area contributed by atoms with Crippen LogP contribution in [0.2, 0.25) is 0 Å². The van der Waals surface area contributed by atoms with Crippen molar-refractivity contribution in [2.45, 2.75) is 13.0 Å². The van der Waals surface area contributed by atoms with E-state index in [1.807, 2.05) is 50.2 Å². The van der Waals surface area contributed by atoms with E-state index < -0.39 is 17.9 Å². The minimum absolute atomic E-state index is 0.194. The maximum absolute atomic E-state index is 12.4. The quantitative estimate of drug-likeness (QED) is 0.643. The van der Waals surface area contributed by atoms with E-state index in [4.69, 9.17) is 4.74 Å². The van der Waals surface area contributed by atoms with Crippen molar-refractivity contribution in [2.24, 2.45) is 5.92 Å². The summed E-state index contributed by atoms with van der Waals surface area (Å²) in [4.78, 5) is 26.2. The lowest BCUT2D eigenvalue weighted by Crippen LogP contribution is -2.51. The van der Waals surface area contributed by atoms with Crippen molar-refractivity contribution in [3.05, 3.63) is 54.3 Å². The molecule has 0 aliphatic carbocycles. The minimum Gasteiger partial charge on any atom is -0.461 e. The van der Waals surface area contributed by atoms with E-state index >= 15 is 0 Å². The van der Waals surface area contributed by atoms with Crippen LogP contribution in [0, 0.1) is 5.92 Å². The number of rotatable bonds is 5. The van der Waals surface area contributed by atoms with Crippen molar-refractivity contribution in [1.82, 2.24) is 10.6 Å². The van der Waals surface area contributed by atoms with Crippen molar-refractivity contribution in [1.29, 1.82) is 0 Å². The molecule has 0 unspecified atom stereocenters. The first-order chi connectivity index (χ1) is 11.4. The number of anilines is 1. The highest BCUT2D eigenvalue weighted by molar-refractivity contribution is 5.85. The van der Waals surface area contributed by atoms with Gasteiger partial charge in [-0.1, -0.05) is 30.9 Å². The Morgan fingerprint density at radius 2 is 2.00 bits per heavy atom. The molecule has 2 amide bonds. The molecule has 1 fully saturated rings. The Labute approximate surface area is 142 Å². The molecule has 0 aromatic heterocycles. The van der Waals surface area contributed by atoms with Crippen LogP contribution in [0.25, 0.3) is 0 Å². The Bertz CT molecular complexity index is 650. The Kier molecular flexibility index (Phi) is 5.63. The summed E-state index contributed by atoms with van der Waals surface area (Å²) in [5.41, 5.74) is 2.19. The van der Waals surface area contributed by atoms with Crippen molar-refractivity contribution >= 4 is 17.7 Å². The molecule has 1 aliphatic rings. The first-order valence-electron chi connectivity index (χ1n) is 7.75. The first kappa shape index (κ1) is 17.6. The summed E-state index contributed by atoms with van der Waals surface area (Å²) in [6.45, 7) is 5.86. The number of carbonyl (C=O) groups is 2. The van der Waals surface area contributed by atoms with Crippen LogP contribution in [-0.4, -0.2) is 32.7 Å². The van der Waals surface area contributed by atoms with Crippen LogP contribution in [0.5, 0.6) is 0 Å². The van der Waals surface area contributed by atoms with Gasteiger partial charge in [0.15, 0.2) is 0 Å². The van der Waals surface area contributed by atoms with Crippen molar-refractivity contribution in [3.8, 4) is 0 Å². The molecule has 1 aromatic carbocycles. The molecule has 1 aliphatic heterocycles. The molecule has 2 rings (SSSR count). The largest absolute Gasteiger partial charge is 0.461 e. The molecule has 1 heterocycles. The monoisotopic (exact) mass is 329 g/mol. The minimum atomic E-state index is -0.682. The van der Waals surface area contributed by atoms with Crippen molar-refractivity contribution in [2.75, 3.05) is 25.6 Å². The fourth-order valence-electron chi connectivity index (χ4n) is 2.54. The zero-order valence-corrected chi connectivity index (χ0v) is 14.2. The Morgan fingerprint density at radius 3 is 2.58 bits per heavy atom. The fraction of sp³-hybridized carbons (Fsp3) is 0.333. The molecule has 0 radical (unpaired) electrons. The van der Waals surface area contributed by atoms with Gasteiger partial charge >= 0.3 is 12.0 Å². The zero-order valence-electron chi connectivity index (χ0n) is 14.2. The number of nitrogens with one attached hydrogen (secondary N) is 2. The zero-order chi connectivity index (χ0) is 17.7. The van der Waals surface area contributed by atoms with Gasteiger partial charge in [-0.25, -0.2) is 4.79 Å². The summed E-state index contributed by atoms with van der Waals surface area (Å²) in [5.74, 6) is -1.11. The number of ether oxygens (including phenoxy) is 1.